The molecule has 1 N–H and O–H groups in total. The van der Waals surface area contributed by atoms with Crippen molar-refractivity contribution < 1.29 is 27.4 Å². The second kappa shape index (κ2) is 6.78. The first-order chi connectivity index (χ1) is 11.1. The largest absolute Gasteiger partial charge is 0.481 e. The molecule has 0 aromatic heterocycles. The quantitative estimate of drug-likeness (QED) is 0.861. The maximum atomic E-state index is 14.1. The molecule has 1 atom stereocenters. The summed E-state index contributed by atoms with van der Waals surface area (Å²) >= 11 is 5.89. The molecule has 0 aliphatic rings. The molecule has 0 bridgehead atoms. The van der Waals surface area contributed by atoms with Crippen LogP contribution in [0.4, 0.5) is 4.39 Å². The highest BCUT2D eigenvalue weighted by atomic mass is 35.5. The number of hydrogen-bond acceptors (Lipinski definition) is 4. The third kappa shape index (κ3) is 4.04. The Morgan fingerprint density at radius 2 is 1.88 bits per heavy atom. The lowest BCUT2D eigenvalue weighted by Gasteiger charge is -2.15. The summed E-state index contributed by atoms with van der Waals surface area (Å²) in [7, 11) is -3.55. The maximum Gasteiger partial charge on any atom is 0.310 e. The first-order valence-corrected chi connectivity index (χ1v) is 9.06. The van der Waals surface area contributed by atoms with Gasteiger partial charge in [0, 0.05) is 16.8 Å². The highest BCUT2D eigenvalue weighted by Gasteiger charge is 2.20. The monoisotopic (exact) mass is 372 g/mol. The Balaban J connectivity index is 2.45. The highest BCUT2D eigenvalue weighted by molar-refractivity contribution is 7.90. The van der Waals surface area contributed by atoms with E-state index < -0.39 is 27.5 Å². The summed E-state index contributed by atoms with van der Waals surface area (Å²) in [5.74, 6) is -3.00. The number of carbonyl (C=O) groups is 1. The summed E-state index contributed by atoms with van der Waals surface area (Å²) in [6.45, 7) is 1.46. The third-order valence-electron chi connectivity index (χ3n) is 3.36. The van der Waals surface area contributed by atoms with Crippen molar-refractivity contribution in [2.75, 3.05) is 6.26 Å². The standard InChI is InChI=1S/C16H14ClFO5S/c1-9(16(19)20)12-5-3-10(17)7-15(12)23-14-6-4-11(8-13(14)18)24(2,21)22/h3-9H,1-2H3,(H,19,20). The van der Waals surface area contributed by atoms with E-state index in [0.717, 1.165) is 12.3 Å². The van der Waals surface area contributed by atoms with Crippen LogP contribution >= 0.6 is 11.6 Å². The number of aliphatic carboxylic acids is 1. The first-order valence-electron chi connectivity index (χ1n) is 6.79. The van der Waals surface area contributed by atoms with Crippen LogP contribution in [-0.2, 0) is 14.6 Å². The minimum absolute atomic E-state index is 0.0865. The molecule has 24 heavy (non-hydrogen) atoms. The predicted octanol–water partition coefficient (Wildman–Crippen LogP) is 3.86. The molecule has 0 aliphatic carbocycles. The fourth-order valence-corrected chi connectivity index (χ4v) is 2.80. The van der Waals surface area contributed by atoms with Crippen LogP contribution in [0.3, 0.4) is 0 Å². The van der Waals surface area contributed by atoms with Crippen LogP contribution in [0.5, 0.6) is 11.5 Å². The van der Waals surface area contributed by atoms with Crippen LogP contribution < -0.4 is 4.74 Å². The van der Waals surface area contributed by atoms with Crippen molar-refractivity contribution in [3.8, 4) is 11.5 Å². The molecule has 0 fully saturated rings. The number of sulfone groups is 1. The van der Waals surface area contributed by atoms with E-state index in [1.807, 2.05) is 0 Å². The van der Waals surface area contributed by atoms with Crippen LogP contribution in [0.1, 0.15) is 18.4 Å². The van der Waals surface area contributed by atoms with Gasteiger partial charge in [-0.05, 0) is 37.3 Å². The zero-order valence-electron chi connectivity index (χ0n) is 12.8. The van der Waals surface area contributed by atoms with E-state index in [1.54, 1.807) is 0 Å². The molecular formula is C16H14ClFO5S. The first kappa shape index (κ1) is 18.2. The predicted molar refractivity (Wildman–Crippen MR) is 87.1 cm³/mol. The molecule has 0 heterocycles. The molecule has 2 aromatic carbocycles. The van der Waals surface area contributed by atoms with Crippen LogP contribution in [0.25, 0.3) is 0 Å². The number of rotatable bonds is 5. The molecular weight excluding hydrogens is 359 g/mol. The zero-order valence-corrected chi connectivity index (χ0v) is 14.4. The van der Waals surface area contributed by atoms with Gasteiger partial charge >= 0.3 is 5.97 Å². The van der Waals surface area contributed by atoms with Gasteiger partial charge in [0.25, 0.3) is 0 Å². The van der Waals surface area contributed by atoms with Gasteiger partial charge in [0.05, 0.1) is 10.8 Å². The molecule has 0 radical (unpaired) electrons. The Morgan fingerprint density at radius 1 is 1.21 bits per heavy atom. The van der Waals surface area contributed by atoms with Crippen molar-refractivity contribution >= 4 is 27.4 Å². The number of carboxylic acid groups (broad SMARTS) is 1. The van der Waals surface area contributed by atoms with Gasteiger partial charge in [-0.25, -0.2) is 12.8 Å². The van der Waals surface area contributed by atoms with E-state index in [-0.39, 0.29) is 16.4 Å². The molecule has 0 amide bonds. The summed E-state index contributed by atoms with van der Waals surface area (Å²) < 4.78 is 42.4. The minimum Gasteiger partial charge on any atom is -0.481 e. The molecule has 2 rings (SSSR count). The van der Waals surface area contributed by atoms with E-state index in [4.69, 9.17) is 21.4 Å². The van der Waals surface area contributed by atoms with Gasteiger partial charge in [0.1, 0.15) is 5.75 Å². The Kier molecular flexibility index (Phi) is 5.15. The topological polar surface area (TPSA) is 80.7 Å². The molecule has 0 saturated carbocycles. The van der Waals surface area contributed by atoms with Crippen LogP contribution in [0, 0.1) is 5.82 Å². The summed E-state index contributed by atoms with van der Waals surface area (Å²) in [5, 5.41) is 9.44. The van der Waals surface area contributed by atoms with Gasteiger partial charge in [-0.15, -0.1) is 0 Å². The fourth-order valence-electron chi connectivity index (χ4n) is 2.00. The summed E-state index contributed by atoms with van der Waals surface area (Å²) in [5.41, 5.74) is 0.318. The summed E-state index contributed by atoms with van der Waals surface area (Å²) in [6.07, 6.45) is 0.964. The van der Waals surface area contributed by atoms with Crippen LogP contribution in [0.2, 0.25) is 5.02 Å². The SMILES string of the molecule is CC(C(=O)O)c1ccc(Cl)cc1Oc1ccc(S(C)(=O)=O)cc1F. The Morgan fingerprint density at radius 3 is 2.42 bits per heavy atom. The van der Waals surface area contributed by atoms with Crippen molar-refractivity contribution in [1.82, 2.24) is 0 Å². The highest BCUT2D eigenvalue weighted by Crippen LogP contribution is 2.34. The molecule has 2 aromatic rings. The molecule has 1 unspecified atom stereocenters. The van der Waals surface area contributed by atoms with Gasteiger partial charge in [0.15, 0.2) is 21.4 Å². The maximum absolute atomic E-state index is 14.1. The van der Waals surface area contributed by atoms with E-state index in [1.165, 1.54) is 37.3 Å². The molecule has 128 valence electrons. The Hall–Kier alpha value is -2.12. The normalized spacial score (nSPS) is 12.7. The number of ether oxygens (including phenoxy) is 1. The lowest BCUT2D eigenvalue weighted by molar-refractivity contribution is -0.138. The van der Waals surface area contributed by atoms with E-state index in [2.05, 4.69) is 0 Å². The molecule has 8 heteroatoms. The van der Waals surface area contributed by atoms with Crippen molar-refractivity contribution in [3.63, 3.8) is 0 Å². The third-order valence-corrected chi connectivity index (χ3v) is 4.71. The van der Waals surface area contributed by atoms with Gasteiger partial charge in [-0.1, -0.05) is 17.7 Å². The van der Waals surface area contributed by atoms with Gasteiger partial charge in [-0.2, -0.15) is 0 Å². The average Bonchev–Trinajstić information content (AvgIpc) is 2.47. The summed E-state index contributed by atoms with van der Waals surface area (Å²) in [6, 6.07) is 7.59. The van der Waals surface area contributed by atoms with Crippen molar-refractivity contribution in [3.05, 3.63) is 52.8 Å². The van der Waals surface area contributed by atoms with Gasteiger partial charge < -0.3 is 9.84 Å². The molecule has 5 nitrogen and oxygen atoms in total. The lowest BCUT2D eigenvalue weighted by Crippen LogP contribution is -2.09. The minimum atomic E-state index is -3.55. The number of halogens is 2. The van der Waals surface area contributed by atoms with E-state index in [0.29, 0.717) is 10.6 Å². The smallest absolute Gasteiger partial charge is 0.310 e. The second-order valence-corrected chi connectivity index (χ2v) is 7.66. The number of benzene rings is 2. The number of hydrogen-bond donors (Lipinski definition) is 1. The van der Waals surface area contributed by atoms with Crippen molar-refractivity contribution in [1.29, 1.82) is 0 Å². The van der Waals surface area contributed by atoms with Gasteiger partial charge in [0.2, 0.25) is 0 Å². The van der Waals surface area contributed by atoms with Crippen LogP contribution in [-0.4, -0.2) is 25.7 Å². The van der Waals surface area contributed by atoms with Crippen LogP contribution in [0.15, 0.2) is 41.3 Å². The number of carboxylic acids is 1. The van der Waals surface area contributed by atoms with E-state index >= 15 is 0 Å². The Bertz CT molecular complexity index is 895. The van der Waals surface area contributed by atoms with E-state index in [9.17, 15) is 17.6 Å². The molecule has 0 spiro atoms. The zero-order chi connectivity index (χ0) is 18.1. The average molecular weight is 373 g/mol. The molecule has 0 saturated heterocycles. The van der Waals surface area contributed by atoms with Crippen molar-refractivity contribution in [2.24, 2.45) is 0 Å². The Labute approximate surface area is 143 Å². The van der Waals surface area contributed by atoms with Crippen molar-refractivity contribution in [2.45, 2.75) is 17.7 Å². The fraction of sp³-hybridized carbons (Fsp3) is 0.188. The second-order valence-electron chi connectivity index (χ2n) is 5.21. The van der Waals surface area contributed by atoms with Gasteiger partial charge in [-0.3, -0.25) is 4.79 Å². The lowest BCUT2D eigenvalue weighted by atomic mass is 10.0. The summed E-state index contributed by atoms with van der Waals surface area (Å²) in [4.78, 5) is 11.0. The molecule has 0 aliphatic heterocycles.